The Kier molecular flexibility index (Phi) is 4.29. The van der Waals surface area contributed by atoms with Crippen LogP contribution in [0.4, 0.5) is 13.2 Å². The molecule has 0 saturated carbocycles. The van der Waals surface area contributed by atoms with E-state index < -0.39 is 18.0 Å². The van der Waals surface area contributed by atoms with Crippen molar-refractivity contribution in [2.24, 2.45) is 0 Å². The summed E-state index contributed by atoms with van der Waals surface area (Å²) in [6.07, 6.45) is -4.37. The minimum Gasteiger partial charge on any atom is -0.494 e. The van der Waals surface area contributed by atoms with Crippen LogP contribution >= 0.6 is 0 Å². The summed E-state index contributed by atoms with van der Waals surface area (Å²) in [7, 11) is 0. The van der Waals surface area contributed by atoms with Gasteiger partial charge < -0.3 is 14.2 Å². The molecule has 2 rings (SSSR count). The second kappa shape index (κ2) is 5.80. The first-order valence-corrected chi connectivity index (χ1v) is 6.06. The first-order chi connectivity index (χ1) is 9.43. The van der Waals surface area contributed by atoms with Gasteiger partial charge in [-0.1, -0.05) is 6.58 Å². The van der Waals surface area contributed by atoms with E-state index in [9.17, 15) is 13.2 Å². The Bertz CT molecular complexity index is 496. The zero-order valence-electron chi connectivity index (χ0n) is 10.9. The fourth-order valence-electron chi connectivity index (χ4n) is 1.82. The molecule has 1 aliphatic rings. The molecule has 1 fully saturated rings. The highest BCUT2D eigenvalue weighted by atomic mass is 19.4. The number of halogens is 3. The van der Waals surface area contributed by atoms with Crippen LogP contribution in [-0.2, 0) is 20.4 Å². The molecule has 20 heavy (non-hydrogen) atoms. The summed E-state index contributed by atoms with van der Waals surface area (Å²) in [5, 5.41) is 0. The lowest BCUT2D eigenvalue weighted by Gasteiger charge is -2.17. The molecule has 1 aromatic heterocycles. The van der Waals surface area contributed by atoms with Crippen LogP contribution in [0.1, 0.15) is 30.0 Å². The molecule has 0 aromatic carbocycles. The second-order valence-electron chi connectivity index (χ2n) is 4.08. The third-order valence-electron chi connectivity index (χ3n) is 2.71. The molecular weight excluding hydrogens is 275 g/mol. The highest BCUT2D eigenvalue weighted by Gasteiger charge is 2.38. The maximum absolute atomic E-state index is 13.1. The molecule has 0 spiro atoms. The van der Waals surface area contributed by atoms with E-state index in [-0.39, 0.29) is 30.2 Å². The van der Waals surface area contributed by atoms with Gasteiger partial charge in [-0.25, -0.2) is 0 Å². The summed E-state index contributed by atoms with van der Waals surface area (Å²) >= 11 is 0. The molecule has 110 valence electrons. The highest BCUT2D eigenvalue weighted by Crippen LogP contribution is 2.37. The minimum atomic E-state index is -4.56. The van der Waals surface area contributed by atoms with Gasteiger partial charge in [0.1, 0.15) is 11.5 Å². The largest absolute Gasteiger partial charge is 0.494 e. The number of nitrogens with zero attached hydrogens (tertiary/aromatic N) is 1. The predicted molar refractivity (Wildman–Crippen MR) is 64.5 cm³/mol. The third-order valence-corrected chi connectivity index (χ3v) is 2.71. The molecule has 1 saturated heterocycles. The van der Waals surface area contributed by atoms with Crippen molar-refractivity contribution in [3.05, 3.63) is 35.7 Å². The second-order valence-corrected chi connectivity index (χ2v) is 4.08. The molecule has 0 amide bonds. The number of alkyl halides is 3. The van der Waals surface area contributed by atoms with Crippen LogP contribution in [0.25, 0.3) is 5.76 Å². The van der Waals surface area contributed by atoms with Gasteiger partial charge in [-0.2, -0.15) is 13.2 Å². The predicted octanol–water partition coefficient (Wildman–Crippen LogP) is 3.15. The van der Waals surface area contributed by atoms with E-state index in [0.717, 1.165) is 6.07 Å². The fourth-order valence-corrected chi connectivity index (χ4v) is 1.82. The summed E-state index contributed by atoms with van der Waals surface area (Å²) in [6.45, 7) is 6.10. The topological polar surface area (TPSA) is 40.6 Å². The van der Waals surface area contributed by atoms with Crippen molar-refractivity contribution in [1.29, 1.82) is 0 Å². The molecule has 1 aliphatic heterocycles. The van der Waals surface area contributed by atoms with Crippen molar-refractivity contribution in [2.75, 3.05) is 19.8 Å². The Labute approximate surface area is 114 Å². The number of ether oxygens (including phenoxy) is 3. The summed E-state index contributed by atoms with van der Waals surface area (Å²) in [6, 6.07) is 0.950. The molecule has 0 aliphatic carbocycles. The van der Waals surface area contributed by atoms with Crippen molar-refractivity contribution >= 4 is 5.76 Å². The van der Waals surface area contributed by atoms with Gasteiger partial charge in [0.2, 0.25) is 6.29 Å². The lowest BCUT2D eigenvalue weighted by molar-refractivity contribution is -0.143. The highest BCUT2D eigenvalue weighted by molar-refractivity contribution is 5.57. The Balaban J connectivity index is 2.40. The van der Waals surface area contributed by atoms with E-state index >= 15 is 0 Å². The van der Waals surface area contributed by atoms with E-state index in [1.54, 1.807) is 6.92 Å². The Morgan fingerprint density at radius 3 is 2.65 bits per heavy atom. The van der Waals surface area contributed by atoms with Gasteiger partial charge in [-0.15, -0.1) is 0 Å². The quantitative estimate of drug-likeness (QED) is 0.798. The van der Waals surface area contributed by atoms with Crippen LogP contribution in [0.3, 0.4) is 0 Å². The van der Waals surface area contributed by atoms with E-state index in [4.69, 9.17) is 14.2 Å². The first kappa shape index (κ1) is 14.8. The molecule has 1 aromatic rings. The van der Waals surface area contributed by atoms with E-state index in [1.807, 2.05) is 0 Å². The molecular formula is C13H14F3NO3. The third kappa shape index (κ3) is 3.10. The molecule has 0 radical (unpaired) electrons. The number of pyridine rings is 1. The van der Waals surface area contributed by atoms with Crippen molar-refractivity contribution in [1.82, 2.24) is 4.98 Å². The zero-order chi connectivity index (χ0) is 14.8. The number of hydrogen-bond donors (Lipinski definition) is 0. The molecule has 7 heteroatoms. The van der Waals surface area contributed by atoms with Crippen LogP contribution in [0.5, 0.6) is 0 Å². The number of hydrogen-bond acceptors (Lipinski definition) is 4. The van der Waals surface area contributed by atoms with Crippen LogP contribution in [0.2, 0.25) is 0 Å². The summed E-state index contributed by atoms with van der Waals surface area (Å²) < 4.78 is 54.6. The van der Waals surface area contributed by atoms with Gasteiger partial charge in [0.15, 0.2) is 0 Å². The van der Waals surface area contributed by atoms with Crippen LogP contribution in [-0.4, -0.2) is 24.8 Å². The molecule has 4 nitrogen and oxygen atoms in total. The minimum absolute atomic E-state index is 0.144. The summed E-state index contributed by atoms with van der Waals surface area (Å²) in [4.78, 5) is 3.82. The normalized spacial score (nSPS) is 16.4. The van der Waals surface area contributed by atoms with E-state index in [2.05, 4.69) is 11.6 Å². The van der Waals surface area contributed by atoms with Gasteiger partial charge in [0, 0.05) is 11.8 Å². The Morgan fingerprint density at radius 2 is 2.10 bits per heavy atom. The SMILES string of the molecule is C=C(OCC)c1cnc(C2OCCO2)c(C(F)(F)F)c1. The molecule has 0 N–H and O–H groups in total. The molecule has 2 heterocycles. The molecule has 0 atom stereocenters. The first-order valence-electron chi connectivity index (χ1n) is 6.06. The molecule has 0 bridgehead atoms. The fraction of sp³-hybridized carbons (Fsp3) is 0.462. The summed E-state index contributed by atoms with van der Waals surface area (Å²) in [5.74, 6) is 0.144. The summed E-state index contributed by atoms with van der Waals surface area (Å²) in [5.41, 5.74) is -0.994. The number of rotatable bonds is 4. The average Bonchev–Trinajstić information content (AvgIpc) is 2.91. The standard InChI is InChI=1S/C13H14F3NO3/c1-3-18-8(2)9-6-10(13(14,15)16)11(17-7-9)12-19-4-5-20-12/h6-7,12H,2-5H2,1H3. The van der Waals surface area contributed by atoms with Crippen molar-refractivity contribution in [3.63, 3.8) is 0 Å². The lowest BCUT2D eigenvalue weighted by Crippen LogP contribution is -2.15. The monoisotopic (exact) mass is 289 g/mol. The lowest BCUT2D eigenvalue weighted by atomic mass is 10.1. The van der Waals surface area contributed by atoms with Crippen molar-refractivity contribution in [2.45, 2.75) is 19.4 Å². The van der Waals surface area contributed by atoms with E-state index in [0.29, 0.717) is 6.61 Å². The Hall–Kier alpha value is -1.60. The smallest absolute Gasteiger partial charge is 0.418 e. The van der Waals surface area contributed by atoms with E-state index in [1.165, 1.54) is 6.20 Å². The van der Waals surface area contributed by atoms with Crippen LogP contribution in [0, 0.1) is 0 Å². The van der Waals surface area contributed by atoms with Crippen LogP contribution < -0.4 is 0 Å². The number of aromatic nitrogens is 1. The maximum Gasteiger partial charge on any atom is 0.418 e. The van der Waals surface area contributed by atoms with Gasteiger partial charge in [0.05, 0.1) is 25.4 Å². The van der Waals surface area contributed by atoms with Gasteiger partial charge >= 0.3 is 6.18 Å². The average molecular weight is 289 g/mol. The zero-order valence-corrected chi connectivity index (χ0v) is 10.9. The molecule has 0 unspecified atom stereocenters. The van der Waals surface area contributed by atoms with Gasteiger partial charge in [-0.05, 0) is 13.0 Å². The van der Waals surface area contributed by atoms with Gasteiger partial charge in [-0.3, -0.25) is 4.98 Å². The van der Waals surface area contributed by atoms with Crippen molar-refractivity contribution in [3.8, 4) is 0 Å². The maximum atomic E-state index is 13.1. The van der Waals surface area contributed by atoms with Gasteiger partial charge in [0.25, 0.3) is 0 Å². The van der Waals surface area contributed by atoms with Crippen LogP contribution in [0.15, 0.2) is 18.8 Å². The Morgan fingerprint density at radius 1 is 1.45 bits per heavy atom. The van der Waals surface area contributed by atoms with Crippen molar-refractivity contribution < 1.29 is 27.4 Å².